The van der Waals surface area contributed by atoms with Crippen molar-refractivity contribution < 1.29 is 41.6 Å². The van der Waals surface area contributed by atoms with Gasteiger partial charge in [0.15, 0.2) is 11.6 Å². The van der Waals surface area contributed by atoms with Gasteiger partial charge in [0, 0.05) is 40.0 Å². The van der Waals surface area contributed by atoms with Crippen molar-refractivity contribution >= 4 is 44.9 Å². The summed E-state index contributed by atoms with van der Waals surface area (Å²) in [4.78, 5) is 13.1. The molecule has 2 atom stereocenters. The van der Waals surface area contributed by atoms with E-state index in [4.69, 9.17) is 9.47 Å². The lowest BCUT2D eigenvalue weighted by molar-refractivity contribution is -0.152. The monoisotopic (exact) mass is 972 g/mol. The highest BCUT2D eigenvalue weighted by atomic mass is 32.2. The number of fused-ring (bicyclic) bond motifs is 2. The SMILES string of the molecule is COc1ccc2ncc(F)c(CCCC3(C(O)C(O)C4(CCCc5c(F)cnc6ccc(OC)cc56)CCN(CCSc5cccs5)CC4)CCN(CC#Cc4cc(F)cc(F)c4F)CC3)c2c1. The third kappa shape index (κ3) is 11.3. The maximum absolute atomic E-state index is 15.6. The molecule has 2 N–H and O–H groups in total. The van der Waals surface area contributed by atoms with Gasteiger partial charge >= 0.3 is 0 Å². The third-order valence-corrected chi connectivity index (χ3v) is 16.5. The highest BCUT2D eigenvalue weighted by Crippen LogP contribution is 2.49. The van der Waals surface area contributed by atoms with E-state index in [2.05, 4.69) is 44.2 Å². The lowest BCUT2D eigenvalue weighted by Crippen LogP contribution is -2.57. The van der Waals surface area contributed by atoms with Gasteiger partial charge in [-0.3, -0.25) is 14.9 Å². The van der Waals surface area contributed by atoms with E-state index < -0.39 is 52.1 Å². The number of nitrogens with zero attached hydrogens (tertiary/aromatic N) is 4. The average Bonchev–Trinajstić information content (AvgIpc) is 3.88. The Hall–Kier alpha value is -4.82. The largest absolute Gasteiger partial charge is 0.497 e. The number of thiophene rings is 1. The van der Waals surface area contributed by atoms with Crippen molar-refractivity contribution in [3.05, 3.63) is 124 Å². The number of benzene rings is 3. The number of hydrogen-bond donors (Lipinski definition) is 2. The van der Waals surface area contributed by atoms with Crippen molar-refractivity contribution in [3.63, 3.8) is 0 Å². The number of aromatic nitrogens is 2. The Labute approximate surface area is 402 Å². The lowest BCUT2D eigenvalue weighted by Gasteiger charge is -2.52. The molecule has 0 aliphatic carbocycles. The number of rotatable bonds is 18. The predicted molar refractivity (Wildman–Crippen MR) is 259 cm³/mol. The fourth-order valence-electron chi connectivity index (χ4n) is 10.4. The van der Waals surface area contributed by atoms with E-state index >= 15 is 8.78 Å². The van der Waals surface area contributed by atoms with Gasteiger partial charge in [-0.2, -0.15) is 0 Å². The zero-order valence-electron chi connectivity index (χ0n) is 38.4. The fraction of sp³-hybridized carbons (Fsp3) is 0.434. The molecule has 360 valence electrons. The zero-order chi connectivity index (χ0) is 47.8. The van der Waals surface area contributed by atoms with E-state index in [0.717, 1.165) is 31.5 Å². The summed E-state index contributed by atoms with van der Waals surface area (Å²) >= 11 is 3.55. The molecule has 2 aliphatic rings. The van der Waals surface area contributed by atoms with Crippen LogP contribution < -0.4 is 9.47 Å². The van der Waals surface area contributed by atoms with E-state index in [1.54, 1.807) is 55.9 Å². The minimum atomic E-state index is -1.31. The number of halogens is 5. The zero-order valence-corrected chi connectivity index (χ0v) is 40.0. The van der Waals surface area contributed by atoms with Crippen LogP contribution in [0.5, 0.6) is 11.5 Å². The van der Waals surface area contributed by atoms with Crippen LogP contribution in [0.3, 0.4) is 0 Å². The molecule has 2 saturated heterocycles. The van der Waals surface area contributed by atoms with E-state index in [9.17, 15) is 23.4 Å². The topological polar surface area (TPSA) is 91.2 Å². The second-order valence-electron chi connectivity index (χ2n) is 18.2. The van der Waals surface area contributed by atoms with Gasteiger partial charge in [0.25, 0.3) is 0 Å². The van der Waals surface area contributed by atoms with Gasteiger partial charge in [-0.25, -0.2) is 22.0 Å². The van der Waals surface area contributed by atoms with Crippen LogP contribution in [0.2, 0.25) is 0 Å². The molecule has 0 bridgehead atoms. The molecule has 2 unspecified atom stereocenters. The molecule has 68 heavy (non-hydrogen) atoms. The number of aliphatic hydroxyl groups excluding tert-OH is 2. The normalized spacial score (nSPS) is 17.2. The van der Waals surface area contributed by atoms with Crippen molar-refractivity contribution in [2.24, 2.45) is 10.8 Å². The van der Waals surface area contributed by atoms with Gasteiger partial charge in [0.1, 0.15) is 29.0 Å². The Morgan fingerprint density at radius 3 is 1.78 bits per heavy atom. The van der Waals surface area contributed by atoms with E-state index in [1.165, 1.54) is 16.6 Å². The Morgan fingerprint density at radius 1 is 0.721 bits per heavy atom. The first-order valence-corrected chi connectivity index (χ1v) is 25.1. The Kier molecular flexibility index (Phi) is 16.3. The van der Waals surface area contributed by atoms with Crippen molar-refractivity contribution in [3.8, 4) is 23.3 Å². The summed E-state index contributed by atoms with van der Waals surface area (Å²) in [7, 11) is 3.13. The predicted octanol–water partition coefficient (Wildman–Crippen LogP) is 10.6. The summed E-state index contributed by atoms with van der Waals surface area (Å²) in [5, 5.41) is 29.1. The standard InChI is InChI=1S/C53H57F5N4O4S2/c1-65-37-11-13-46-41(31-37)39(44(56)33-59-46)8-3-15-52(17-22-61(23-18-52)21-5-7-35-29-36(54)30-43(55)49(35)58)50(63)51(64)53(19-24-62(25-20-53)26-28-68-48-10-6-27-67-48)16-4-9-40-42-32-38(66-2)12-14-47(42)60-34-45(40)57/h6,10-14,27,29-34,50-51,63-64H,3-4,8-9,15-26,28H2,1-2H3. The summed E-state index contributed by atoms with van der Waals surface area (Å²) in [6.45, 7) is 3.48. The van der Waals surface area contributed by atoms with Gasteiger partial charge in [0.2, 0.25) is 0 Å². The van der Waals surface area contributed by atoms with Crippen LogP contribution in [0.15, 0.2) is 82.6 Å². The highest BCUT2D eigenvalue weighted by Gasteiger charge is 2.51. The Bertz CT molecular complexity index is 2740. The molecule has 0 spiro atoms. The quantitative estimate of drug-likeness (QED) is 0.0378. The smallest absolute Gasteiger partial charge is 0.174 e. The van der Waals surface area contributed by atoms with Crippen LogP contribution in [0.1, 0.15) is 68.1 Å². The van der Waals surface area contributed by atoms with Crippen molar-refractivity contribution in [2.45, 2.75) is 80.6 Å². The van der Waals surface area contributed by atoms with Crippen LogP contribution in [0.25, 0.3) is 21.8 Å². The molecule has 8 rings (SSSR count). The number of piperidine rings is 2. The molecule has 8 nitrogen and oxygen atoms in total. The van der Waals surface area contributed by atoms with Gasteiger partial charge in [0.05, 0.1) is 66.2 Å². The number of thioether (sulfide) groups is 1. The Balaban J connectivity index is 1.05. The maximum Gasteiger partial charge on any atom is 0.174 e. The van der Waals surface area contributed by atoms with E-state index in [0.29, 0.717) is 128 Å². The summed E-state index contributed by atoms with van der Waals surface area (Å²) in [5.41, 5.74) is 0.489. The van der Waals surface area contributed by atoms with Crippen LogP contribution in [-0.4, -0.2) is 101 Å². The minimum Gasteiger partial charge on any atom is -0.497 e. The van der Waals surface area contributed by atoms with Gasteiger partial charge in [-0.05, 0) is 155 Å². The number of aryl methyl sites for hydroxylation is 2. The van der Waals surface area contributed by atoms with Crippen LogP contribution in [-0.2, 0) is 12.8 Å². The fourth-order valence-corrected chi connectivity index (χ4v) is 12.2. The van der Waals surface area contributed by atoms with Crippen LogP contribution in [0.4, 0.5) is 22.0 Å². The molecule has 15 heteroatoms. The molecule has 2 aliphatic heterocycles. The number of hydrogen-bond acceptors (Lipinski definition) is 10. The van der Waals surface area contributed by atoms with Crippen LogP contribution in [0, 0.1) is 51.8 Å². The number of aliphatic hydroxyl groups is 2. The summed E-state index contributed by atoms with van der Waals surface area (Å²) in [5.74, 6) is 3.30. The molecule has 2 fully saturated rings. The first-order chi connectivity index (χ1) is 32.9. The van der Waals surface area contributed by atoms with Gasteiger partial charge < -0.3 is 24.6 Å². The number of ether oxygens (including phenoxy) is 2. The maximum atomic E-state index is 15.6. The Morgan fingerprint density at radius 2 is 1.26 bits per heavy atom. The molecule has 5 heterocycles. The molecular formula is C53H57F5N4O4S2. The van der Waals surface area contributed by atoms with E-state index in [-0.39, 0.29) is 12.1 Å². The summed E-state index contributed by atoms with van der Waals surface area (Å²) < 4.78 is 85.7. The van der Waals surface area contributed by atoms with Crippen molar-refractivity contribution in [1.29, 1.82) is 0 Å². The second kappa shape index (κ2) is 22.3. The van der Waals surface area contributed by atoms with Gasteiger partial charge in [-0.15, -0.1) is 23.1 Å². The number of pyridine rings is 2. The molecule has 3 aromatic heterocycles. The first kappa shape index (κ1) is 49.6. The third-order valence-electron chi connectivity index (χ3n) is 14.4. The van der Waals surface area contributed by atoms with Crippen molar-refractivity contribution in [2.75, 3.05) is 59.2 Å². The molecule has 0 amide bonds. The highest BCUT2D eigenvalue weighted by molar-refractivity contribution is 8.01. The number of methoxy groups -OCH3 is 2. The summed E-state index contributed by atoms with van der Waals surface area (Å²) in [6.07, 6.45) is 5.22. The first-order valence-electron chi connectivity index (χ1n) is 23.2. The molecule has 6 aromatic rings. The van der Waals surface area contributed by atoms with Gasteiger partial charge in [-0.1, -0.05) is 17.9 Å². The van der Waals surface area contributed by atoms with Crippen LogP contribution >= 0.6 is 23.1 Å². The molecule has 0 saturated carbocycles. The molecule has 0 radical (unpaired) electrons. The lowest BCUT2D eigenvalue weighted by atomic mass is 9.61. The molecular weight excluding hydrogens is 916 g/mol. The summed E-state index contributed by atoms with van der Waals surface area (Å²) in [6, 6.07) is 16.3. The average molecular weight is 973 g/mol. The minimum absolute atomic E-state index is 0.193. The number of likely N-dealkylation sites (tertiary alicyclic amines) is 2. The van der Waals surface area contributed by atoms with E-state index in [1.807, 2.05) is 22.7 Å². The molecule has 3 aromatic carbocycles. The van der Waals surface area contributed by atoms with Crippen molar-refractivity contribution in [1.82, 2.24) is 19.8 Å². The second-order valence-corrected chi connectivity index (χ2v) is 20.5.